The highest BCUT2D eigenvalue weighted by Gasteiger charge is 2.35. The number of halogens is 5. The number of nitrogens with zero attached hydrogens (tertiary/aromatic N) is 1. The highest BCUT2D eigenvalue weighted by atomic mass is 19.4. The van der Waals surface area contributed by atoms with Crippen LogP contribution in [0.25, 0.3) is 0 Å². The second-order valence-corrected chi connectivity index (χ2v) is 3.88. The molecule has 0 spiro atoms. The van der Waals surface area contributed by atoms with E-state index in [0.717, 1.165) is 7.11 Å². The molecule has 0 amide bonds. The van der Waals surface area contributed by atoms with Gasteiger partial charge < -0.3 is 14.2 Å². The lowest BCUT2D eigenvalue weighted by Crippen LogP contribution is -2.20. The van der Waals surface area contributed by atoms with Gasteiger partial charge in [0.05, 0.1) is 25.7 Å². The summed E-state index contributed by atoms with van der Waals surface area (Å²) in [5, 5.41) is 0. The maximum absolute atomic E-state index is 12.9. The number of pyridine rings is 1. The molecule has 0 fully saturated rings. The van der Waals surface area contributed by atoms with Crippen LogP contribution in [0.5, 0.6) is 11.8 Å². The van der Waals surface area contributed by atoms with E-state index in [9.17, 15) is 26.7 Å². The van der Waals surface area contributed by atoms with Crippen molar-refractivity contribution in [2.45, 2.75) is 26.1 Å². The molecule has 0 saturated heterocycles. The number of hydrogen-bond acceptors (Lipinski definition) is 5. The monoisotopic (exact) mass is 329 g/mol. The summed E-state index contributed by atoms with van der Waals surface area (Å²) < 4.78 is 75.1. The van der Waals surface area contributed by atoms with Gasteiger partial charge in [-0.1, -0.05) is 0 Å². The first-order valence-electron chi connectivity index (χ1n) is 5.95. The van der Waals surface area contributed by atoms with Gasteiger partial charge in [0.25, 0.3) is 6.43 Å². The first-order chi connectivity index (χ1) is 10.2. The van der Waals surface area contributed by atoms with E-state index in [1.54, 1.807) is 0 Å². The van der Waals surface area contributed by atoms with Crippen LogP contribution in [0, 0.1) is 0 Å². The smallest absolute Gasteiger partial charge is 0.481 e. The number of aromatic nitrogens is 1. The quantitative estimate of drug-likeness (QED) is 0.593. The van der Waals surface area contributed by atoms with Crippen LogP contribution in [0.3, 0.4) is 0 Å². The van der Waals surface area contributed by atoms with Gasteiger partial charge in [0.15, 0.2) is 0 Å². The summed E-state index contributed by atoms with van der Waals surface area (Å²) in [5.74, 6) is -2.52. The molecular formula is C12H12F5NO4. The third-order valence-corrected chi connectivity index (χ3v) is 2.34. The molecule has 5 nitrogen and oxygen atoms in total. The molecule has 0 saturated carbocycles. The van der Waals surface area contributed by atoms with E-state index < -0.39 is 42.5 Å². The largest absolute Gasteiger partial charge is 0.574 e. The lowest BCUT2D eigenvalue weighted by molar-refractivity contribution is -0.276. The molecule has 22 heavy (non-hydrogen) atoms. The van der Waals surface area contributed by atoms with E-state index >= 15 is 0 Å². The van der Waals surface area contributed by atoms with E-state index in [2.05, 4.69) is 14.5 Å². The van der Waals surface area contributed by atoms with Crippen LogP contribution in [0.1, 0.15) is 24.5 Å². The SMILES string of the molecule is CCOC(=O)Cc1cc(C(F)F)c(OC(F)(F)F)nc1OC. The second kappa shape index (κ2) is 7.23. The number of alkyl halides is 5. The lowest BCUT2D eigenvalue weighted by atomic mass is 10.1. The fourth-order valence-corrected chi connectivity index (χ4v) is 1.56. The van der Waals surface area contributed by atoms with Crippen LogP contribution in [-0.4, -0.2) is 31.0 Å². The summed E-state index contributed by atoms with van der Waals surface area (Å²) in [4.78, 5) is 14.6. The van der Waals surface area contributed by atoms with E-state index in [1.165, 1.54) is 6.92 Å². The van der Waals surface area contributed by atoms with Gasteiger partial charge in [-0.3, -0.25) is 4.79 Å². The van der Waals surface area contributed by atoms with Gasteiger partial charge in [-0.05, 0) is 13.0 Å². The Kier molecular flexibility index (Phi) is 5.89. The van der Waals surface area contributed by atoms with E-state index in [-0.39, 0.29) is 12.2 Å². The fraction of sp³-hybridized carbons (Fsp3) is 0.500. The summed E-state index contributed by atoms with van der Waals surface area (Å²) in [6.07, 6.45) is -8.95. The third-order valence-electron chi connectivity index (χ3n) is 2.34. The van der Waals surface area contributed by atoms with E-state index in [4.69, 9.17) is 4.74 Å². The van der Waals surface area contributed by atoms with Gasteiger partial charge in [0.2, 0.25) is 11.8 Å². The number of hydrogen-bond donors (Lipinski definition) is 0. The Morgan fingerprint density at radius 3 is 2.41 bits per heavy atom. The van der Waals surface area contributed by atoms with E-state index in [1.807, 2.05) is 0 Å². The third kappa shape index (κ3) is 5.01. The summed E-state index contributed by atoms with van der Waals surface area (Å²) in [7, 11) is 1.07. The van der Waals surface area contributed by atoms with Crippen LogP contribution in [0.15, 0.2) is 6.07 Å². The van der Waals surface area contributed by atoms with Crippen molar-refractivity contribution in [1.29, 1.82) is 0 Å². The second-order valence-electron chi connectivity index (χ2n) is 3.88. The lowest BCUT2D eigenvalue weighted by Gasteiger charge is -2.15. The maximum Gasteiger partial charge on any atom is 0.574 e. The molecule has 0 aromatic carbocycles. The van der Waals surface area contributed by atoms with E-state index in [0.29, 0.717) is 6.07 Å². The molecule has 0 atom stereocenters. The molecule has 1 rings (SSSR count). The number of ether oxygens (including phenoxy) is 3. The molecule has 1 heterocycles. The summed E-state index contributed by atoms with van der Waals surface area (Å²) in [6, 6.07) is 0.675. The average molecular weight is 329 g/mol. The molecule has 0 aliphatic carbocycles. The Morgan fingerprint density at radius 2 is 1.95 bits per heavy atom. The zero-order valence-corrected chi connectivity index (χ0v) is 11.5. The maximum atomic E-state index is 12.9. The fourth-order valence-electron chi connectivity index (χ4n) is 1.56. The molecule has 1 aromatic rings. The standard InChI is InChI=1S/C12H12F5NO4/c1-3-21-8(19)5-6-4-7(9(13)14)11(18-10(6)20-2)22-12(15,16)17/h4,9H,3,5H2,1-2H3. The van der Waals surface area contributed by atoms with Crippen LogP contribution in [-0.2, 0) is 16.0 Å². The van der Waals surface area contributed by atoms with Crippen molar-refractivity contribution in [2.75, 3.05) is 13.7 Å². The molecule has 0 bridgehead atoms. The molecule has 1 aromatic heterocycles. The zero-order valence-electron chi connectivity index (χ0n) is 11.5. The number of rotatable bonds is 6. The van der Waals surface area contributed by atoms with Crippen molar-refractivity contribution in [3.8, 4) is 11.8 Å². The first-order valence-corrected chi connectivity index (χ1v) is 5.95. The van der Waals surface area contributed by atoms with Crippen molar-refractivity contribution in [3.05, 3.63) is 17.2 Å². The Morgan fingerprint density at radius 1 is 1.32 bits per heavy atom. The van der Waals surface area contributed by atoms with Gasteiger partial charge in [-0.15, -0.1) is 13.2 Å². The van der Waals surface area contributed by atoms with Crippen LogP contribution >= 0.6 is 0 Å². The summed E-state index contributed by atoms with van der Waals surface area (Å²) >= 11 is 0. The predicted octanol–water partition coefficient (Wildman–Crippen LogP) is 3.03. The molecule has 0 aliphatic heterocycles. The van der Waals surface area contributed by atoms with Gasteiger partial charge >= 0.3 is 12.3 Å². The van der Waals surface area contributed by atoms with Crippen LogP contribution < -0.4 is 9.47 Å². The topological polar surface area (TPSA) is 57.7 Å². The van der Waals surface area contributed by atoms with Crippen molar-refractivity contribution in [2.24, 2.45) is 0 Å². The zero-order chi connectivity index (χ0) is 16.9. The van der Waals surface area contributed by atoms with Crippen molar-refractivity contribution >= 4 is 5.97 Å². The molecule has 10 heteroatoms. The Labute approximate surface area is 122 Å². The number of carbonyl (C=O) groups excluding carboxylic acids is 1. The number of carbonyl (C=O) groups is 1. The highest BCUT2D eigenvalue weighted by molar-refractivity contribution is 5.73. The van der Waals surface area contributed by atoms with Gasteiger partial charge in [-0.2, -0.15) is 4.98 Å². The van der Waals surface area contributed by atoms with Crippen molar-refractivity contribution in [1.82, 2.24) is 4.98 Å². The van der Waals surface area contributed by atoms with Crippen LogP contribution in [0.4, 0.5) is 22.0 Å². The number of esters is 1. The highest BCUT2D eigenvalue weighted by Crippen LogP contribution is 2.35. The summed E-state index contributed by atoms with van der Waals surface area (Å²) in [5.41, 5.74) is -1.23. The Bertz CT molecular complexity index is 533. The Balaban J connectivity index is 3.24. The van der Waals surface area contributed by atoms with Gasteiger partial charge in [0, 0.05) is 5.56 Å². The molecule has 0 N–H and O–H groups in total. The van der Waals surface area contributed by atoms with Gasteiger partial charge in [-0.25, -0.2) is 8.78 Å². The molecular weight excluding hydrogens is 317 g/mol. The molecule has 0 radical (unpaired) electrons. The minimum Gasteiger partial charge on any atom is -0.481 e. The van der Waals surface area contributed by atoms with Crippen molar-refractivity contribution < 1.29 is 41.0 Å². The molecule has 0 aliphatic rings. The molecule has 124 valence electrons. The average Bonchev–Trinajstić information content (AvgIpc) is 2.38. The minimum atomic E-state index is -5.19. The van der Waals surface area contributed by atoms with Crippen LogP contribution in [0.2, 0.25) is 0 Å². The minimum absolute atomic E-state index is 0.0611. The molecule has 0 unspecified atom stereocenters. The number of methoxy groups -OCH3 is 1. The normalized spacial score (nSPS) is 11.5. The summed E-state index contributed by atoms with van der Waals surface area (Å²) in [6.45, 7) is 1.60. The van der Waals surface area contributed by atoms with Crippen molar-refractivity contribution in [3.63, 3.8) is 0 Å². The Hall–Kier alpha value is -2.13. The predicted molar refractivity (Wildman–Crippen MR) is 62.8 cm³/mol. The van der Waals surface area contributed by atoms with Gasteiger partial charge in [0.1, 0.15) is 0 Å². The first kappa shape index (κ1) is 17.9.